The number of ether oxygens (including phenoxy) is 1. The lowest BCUT2D eigenvalue weighted by Crippen LogP contribution is -2.32. The number of aromatic nitrogens is 4. The highest BCUT2D eigenvalue weighted by molar-refractivity contribution is 7.90. The van der Waals surface area contributed by atoms with Crippen LogP contribution in [0.15, 0.2) is 48.8 Å². The van der Waals surface area contributed by atoms with Gasteiger partial charge in [0.2, 0.25) is 0 Å². The molecule has 1 amide bonds. The first-order chi connectivity index (χ1) is 15.2. The summed E-state index contributed by atoms with van der Waals surface area (Å²) in [5, 5.41) is 11.1. The molecule has 32 heavy (non-hydrogen) atoms. The molecule has 9 nitrogen and oxygen atoms in total. The van der Waals surface area contributed by atoms with Crippen molar-refractivity contribution < 1.29 is 22.3 Å². The zero-order valence-corrected chi connectivity index (χ0v) is 18.8. The Hall–Kier alpha value is -3.34. The summed E-state index contributed by atoms with van der Waals surface area (Å²) in [6, 6.07) is 10.9. The second-order valence-corrected chi connectivity index (χ2v) is 9.72. The van der Waals surface area contributed by atoms with Gasteiger partial charge < -0.3 is 9.64 Å². The summed E-state index contributed by atoms with van der Waals surface area (Å²) in [5.74, 6) is -0.735. The number of methoxy groups -OCH3 is 1. The van der Waals surface area contributed by atoms with Gasteiger partial charge in [0.05, 0.1) is 18.4 Å². The van der Waals surface area contributed by atoms with Crippen molar-refractivity contribution in [1.29, 1.82) is 0 Å². The predicted octanol–water partition coefficient (Wildman–Crippen LogP) is 2.10. The third-order valence-corrected chi connectivity index (χ3v) is 6.02. The minimum Gasteiger partial charge on any atom is -0.494 e. The third-order valence-electron chi connectivity index (χ3n) is 5.04. The number of benzene rings is 2. The smallest absolute Gasteiger partial charge is 0.257 e. The van der Waals surface area contributed by atoms with Crippen molar-refractivity contribution in [3.63, 3.8) is 0 Å². The molecule has 1 unspecified atom stereocenters. The molecule has 1 aromatic heterocycles. The summed E-state index contributed by atoms with van der Waals surface area (Å²) in [5.41, 5.74) is 1.57. The highest BCUT2D eigenvalue weighted by Crippen LogP contribution is 2.29. The molecule has 0 aliphatic rings. The first-order valence-corrected chi connectivity index (χ1v) is 11.8. The molecule has 0 spiro atoms. The van der Waals surface area contributed by atoms with Crippen LogP contribution in [0.4, 0.5) is 4.39 Å². The number of halogens is 1. The number of para-hydroxylation sites is 1. The van der Waals surface area contributed by atoms with Crippen LogP contribution < -0.4 is 4.74 Å². The van der Waals surface area contributed by atoms with E-state index in [1.165, 1.54) is 41.4 Å². The fourth-order valence-corrected chi connectivity index (χ4v) is 4.15. The van der Waals surface area contributed by atoms with E-state index in [0.717, 1.165) is 5.56 Å². The van der Waals surface area contributed by atoms with E-state index in [1.807, 2.05) is 0 Å². The van der Waals surface area contributed by atoms with Crippen molar-refractivity contribution in [3.8, 4) is 11.4 Å². The van der Waals surface area contributed by atoms with Crippen LogP contribution in [-0.4, -0.2) is 72.1 Å². The summed E-state index contributed by atoms with van der Waals surface area (Å²) >= 11 is 0. The monoisotopic (exact) mass is 461 g/mol. The molecule has 0 saturated heterocycles. The molecule has 0 aliphatic heterocycles. The van der Waals surface area contributed by atoms with Crippen molar-refractivity contribution in [2.24, 2.45) is 0 Å². The molecule has 3 aromatic rings. The Morgan fingerprint density at radius 2 is 1.94 bits per heavy atom. The van der Waals surface area contributed by atoms with Gasteiger partial charge in [0.15, 0.2) is 5.75 Å². The summed E-state index contributed by atoms with van der Waals surface area (Å²) in [4.78, 5) is 14.8. The largest absolute Gasteiger partial charge is 0.494 e. The molecule has 0 N–H and O–H groups in total. The highest BCUT2D eigenvalue weighted by Gasteiger charge is 2.24. The molecule has 0 bridgehead atoms. The number of sulfone groups is 1. The van der Waals surface area contributed by atoms with E-state index in [9.17, 15) is 17.6 Å². The van der Waals surface area contributed by atoms with Crippen LogP contribution in [0.5, 0.6) is 5.75 Å². The fraction of sp³-hybridized carbons (Fsp3) is 0.333. The molecular formula is C21H24FN5O4S. The fourth-order valence-electron chi connectivity index (χ4n) is 3.43. The normalized spacial score (nSPS) is 12.4. The number of tetrazole rings is 1. The average Bonchev–Trinajstić information content (AvgIpc) is 3.30. The van der Waals surface area contributed by atoms with Gasteiger partial charge in [-0.3, -0.25) is 4.79 Å². The van der Waals surface area contributed by atoms with Gasteiger partial charge in [-0.2, -0.15) is 4.68 Å². The van der Waals surface area contributed by atoms with E-state index in [1.54, 1.807) is 37.4 Å². The molecular weight excluding hydrogens is 437 g/mol. The van der Waals surface area contributed by atoms with E-state index in [0.29, 0.717) is 23.4 Å². The minimum absolute atomic E-state index is 0.0464. The number of carbonyl (C=O) groups excluding carboxylic acids is 1. The Kier molecular flexibility index (Phi) is 7.18. The maximum absolute atomic E-state index is 13.4. The number of rotatable bonds is 9. The zero-order valence-electron chi connectivity index (χ0n) is 18.0. The number of likely N-dealkylation sites (N-methyl/N-ethyl adjacent to an activating group) is 1. The molecule has 1 atom stereocenters. The minimum atomic E-state index is -3.20. The number of nitrogens with zero attached hydrogens (tertiary/aromatic N) is 5. The van der Waals surface area contributed by atoms with Crippen molar-refractivity contribution in [2.45, 2.75) is 12.3 Å². The maximum Gasteiger partial charge on any atom is 0.257 e. The lowest BCUT2D eigenvalue weighted by atomic mass is 9.95. The molecule has 3 rings (SSSR count). The number of hydrogen-bond acceptors (Lipinski definition) is 7. The topological polar surface area (TPSA) is 107 Å². The Bertz CT molecular complexity index is 1170. The van der Waals surface area contributed by atoms with Crippen LogP contribution in [0.3, 0.4) is 0 Å². The zero-order chi connectivity index (χ0) is 23.3. The van der Waals surface area contributed by atoms with Crippen LogP contribution >= 0.6 is 0 Å². The quantitative estimate of drug-likeness (QED) is 0.480. The van der Waals surface area contributed by atoms with Gasteiger partial charge in [-0.05, 0) is 46.7 Å². The van der Waals surface area contributed by atoms with Gasteiger partial charge in [0, 0.05) is 25.8 Å². The Labute approximate surface area is 185 Å². The Morgan fingerprint density at radius 3 is 2.53 bits per heavy atom. The molecule has 11 heteroatoms. The molecule has 1 heterocycles. The summed E-state index contributed by atoms with van der Waals surface area (Å²) in [7, 11) is -0.125. The predicted molar refractivity (Wildman–Crippen MR) is 116 cm³/mol. The van der Waals surface area contributed by atoms with E-state index in [-0.39, 0.29) is 29.9 Å². The molecule has 170 valence electrons. The van der Waals surface area contributed by atoms with Crippen LogP contribution in [0, 0.1) is 5.82 Å². The van der Waals surface area contributed by atoms with Crippen molar-refractivity contribution in [3.05, 3.63) is 65.7 Å². The first-order valence-electron chi connectivity index (χ1n) is 9.78. The number of hydrogen-bond donors (Lipinski definition) is 0. The van der Waals surface area contributed by atoms with Crippen molar-refractivity contribution >= 4 is 15.7 Å². The second kappa shape index (κ2) is 9.86. The lowest BCUT2D eigenvalue weighted by molar-refractivity contribution is 0.0782. The van der Waals surface area contributed by atoms with Crippen LogP contribution in [0.25, 0.3) is 5.69 Å². The van der Waals surface area contributed by atoms with Crippen molar-refractivity contribution in [2.75, 3.05) is 32.7 Å². The van der Waals surface area contributed by atoms with E-state index in [4.69, 9.17) is 4.74 Å². The van der Waals surface area contributed by atoms with E-state index >= 15 is 0 Å². The van der Waals surface area contributed by atoms with Gasteiger partial charge in [-0.25, -0.2) is 12.8 Å². The second-order valence-electron chi connectivity index (χ2n) is 7.47. The van der Waals surface area contributed by atoms with E-state index in [2.05, 4.69) is 15.5 Å². The molecule has 2 aromatic carbocycles. The lowest BCUT2D eigenvalue weighted by Gasteiger charge is -2.25. The van der Waals surface area contributed by atoms with Gasteiger partial charge >= 0.3 is 0 Å². The SMILES string of the molecule is COc1c(C(=O)N(C)CC(CCS(C)(=O)=O)c2ccc(F)cc2)cccc1-n1cnnn1. The first kappa shape index (κ1) is 23.3. The standard InChI is InChI=1S/C21H24FN5O4S/c1-26(13-16(11-12-32(3,29)30)15-7-9-17(22)10-8-15)21(28)18-5-4-6-19(20(18)31-2)27-14-23-24-25-27/h4-10,14,16H,11-13H2,1-3H3. The van der Waals surface area contributed by atoms with Crippen LogP contribution in [0.1, 0.15) is 28.3 Å². The summed E-state index contributed by atoms with van der Waals surface area (Å²) in [6.45, 7) is 0.234. The van der Waals surface area contributed by atoms with Gasteiger partial charge in [-0.1, -0.05) is 18.2 Å². The molecule has 0 fully saturated rings. The van der Waals surface area contributed by atoms with Gasteiger partial charge in [0.25, 0.3) is 5.91 Å². The van der Waals surface area contributed by atoms with Gasteiger partial charge in [0.1, 0.15) is 27.7 Å². The highest BCUT2D eigenvalue weighted by atomic mass is 32.2. The average molecular weight is 462 g/mol. The Morgan fingerprint density at radius 1 is 1.22 bits per heavy atom. The Balaban J connectivity index is 1.87. The van der Waals surface area contributed by atoms with Crippen molar-refractivity contribution in [1.82, 2.24) is 25.1 Å². The number of amides is 1. The van der Waals surface area contributed by atoms with E-state index < -0.39 is 9.84 Å². The van der Waals surface area contributed by atoms with Crippen LogP contribution in [0.2, 0.25) is 0 Å². The van der Waals surface area contributed by atoms with Crippen LogP contribution in [-0.2, 0) is 9.84 Å². The summed E-state index contributed by atoms with van der Waals surface area (Å²) in [6.07, 6.45) is 2.86. The molecule has 0 aliphatic carbocycles. The summed E-state index contributed by atoms with van der Waals surface area (Å²) < 4.78 is 43.7. The van der Waals surface area contributed by atoms with Gasteiger partial charge in [-0.15, -0.1) is 5.10 Å². The molecule has 0 radical (unpaired) electrons. The maximum atomic E-state index is 13.4. The number of carbonyl (C=O) groups is 1. The molecule has 0 saturated carbocycles. The third kappa shape index (κ3) is 5.67.